The molecule has 0 radical (unpaired) electrons. The number of carbonyl (C=O) groups excluding carboxylic acids is 1. The van der Waals surface area contributed by atoms with Gasteiger partial charge in [-0.15, -0.1) is 13.2 Å². The van der Waals surface area contributed by atoms with E-state index in [4.69, 9.17) is 0 Å². The summed E-state index contributed by atoms with van der Waals surface area (Å²) in [6.07, 6.45) is -6.01. The van der Waals surface area contributed by atoms with E-state index in [2.05, 4.69) is 9.47 Å². The highest BCUT2D eigenvalue weighted by atomic mass is 19.4. The number of nitrogens with zero attached hydrogens (tertiary/aromatic N) is 1. The Balaban J connectivity index is 3.29. The van der Waals surface area contributed by atoms with E-state index in [1.54, 1.807) is 4.98 Å². The van der Waals surface area contributed by atoms with Crippen molar-refractivity contribution in [2.75, 3.05) is 6.61 Å². The van der Waals surface area contributed by atoms with Gasteiger partial charge in [0, 0.05) is 0 Å². The summed E-state index contributed by atoms with van der Waals surface area (Å²) >= 11 is 0. The zero-order valence-corrected chi connectivity index (χ0v) is 10.5. The molecule has 0 aliphatic heterocycles. The molecule has 116 valence electrons. The van der Waals surface area contributed by atoms with Crippen molar-refractivity contribution in [2.45, 2.75) is 19.7 Å². The molecule has 1 aromatic heterocycles. The Morgan fingerprint density at radius 2 is 2.10 bits per heavy atom. The molecule has 11 heteroatoms. The molecule has 0 amide bonds. The summed E-state index contributed by atoms with van der Waals surface area (Å²) in [6, 6.07) is 0.456. The Morgan fingerprint density at radius 3 is 2.57 bits per heavy atom. The number of hydrogen-bond donors (Lipinski definition) is 1. The minimum Gasteiger partial charge on any atom is -0.466 e. The number of aromatic nitrogens is 1. The normalized spacial score (nSPS) is 11.0. The molecule has 0 fully saturated rings. The molecule has 0 bridgehead atoms. The second-order valence-corrected chi connectivity index (χ2v) is 3.61. The Labute approximate surface area is 114 Å². The zero-order valence-electron chi connectivity index (χ0n) is 10.5. The van der Waals surface area contributed by atoms with E-state index in [1.165, 1.54) is 6.92 Å². The molecule has 0 saturated carbocycles. The van der Waals surface area contributed by atoms with Crippen LogP contribution in [0, 0.1) is 10.1 Å². The van der Waals surface area contributed by atoms with Crippen molar-refractivity contribution in [2.24, 2.45) is 0 Å². The van der Waals surface area contributed by atoms with Crippen molar-refractivity contribution in [3.05, 3.63) is 32.0 Å². The Hall–Kier alpha value is -2.59. The summed E-state index contributed by atoms with van der Waals surface area (Å²) in [4.78, 5) is 34.0. The maximum absolute atomic E-state index is 12.2. The first-order chi connectivity index (χ1) is 9.64. The van der Waals surface area contributed by atoms with E-state index in [9.17, 15) is 32.9 Å². The summed E-state index contributed by atoms with van der Waals surface area (Å²) in [5.74, 6) is -3.18. The van der Waals surface area contributed by atoms with Gasteiger partial charge in [-0.2, -0.15) is 0 Å². The number of ether oxygens (including phenoxy) is 2. The molecule has 0 saturated heterocycles. The van der Waals surface area contributed by atoms with Gasteiger partial charge in [0.05, 0.1) is 24.7 Å². The average Bonchev–Trinajstić information content (AvgIpc) is 2.31. The van der Waals surface area contributed by atoms with Crippen LogP contribution in [0.15, 0.2) is 10.9 Å². The van der Waals surface area contributed by atoms with Gasteiger partial charge in [-0.1, -0.05) is 0 Å². The zero-order chi connectivity index (χ0) is 16.2. The summed E-state index contributed by atoms with van der Waals surface area (Å²) in [5, 5.41) is 10.5. The third kappa shape index (κ3) is 4.78. The minimum atomic E-state index is -5.19. The van der Waals surface area contributed by atoms with Crippen LogP contribution in [-0.4, -0.2) is 28.8 Å². The Bertz CT molecular complexity index is 610. The number of nitro groups is 1. The predicted octanol–water partition coefficient (Wildman–Crippen LogP) is 1.29. The van der Waals surface area contributed by atoms with Gasteiger partial charge >= 0.3 is 18.1 Å². The number of halogens is 3. The van der Waals surface area contributed by atoms with E-state index in [-0.39, 0.29) is 6.61 Å². The average molecular weight is 310 g/mol. The van der Waals surface area contributed by atoms with Gasteiger partial charge in [0.1, 0.15) is 0 Å². The van der Waals surface area contributed by atoms with Crippen molar-refractivity contribution < 1.29 is 32.4 Å². The molecule has 0 atom stereocenters. The molecule has 1 aromatic rings. The van der Waals surface area contributed by atoms with E-state index in [1.807, 2.05) is 0 Å². The number of H-pyrrole nitrogens is 1. The first kappa shape index (κ1) is 16.5. The second-order valence-electron chi connectivity index (χ2n) is 3.61. The van der Waals surface area contributed by atoms with Gasteiger partial charge in [0.2, 0.25) is 0 Å². The highest BCUT2D eigenvalue weighted by Gasteiger charge is 2.35. The summed E-state index contributed by atoms with van der Waals surface area (Å²) in [7, 11) is 0. The molecular formula is C10H9F3N2O6. The fraction of sp³-hybridized carbons (Fsp3) is 0.400. The van der Waals surface area contributed by atoms with Crippen LogP contribution in [-0.2, 0) is 16.0 Å². The van der Waals surface area contributed by atoms with Crippen molar-refractivity contribution >= 4 is 11.8 Å². The molecule has 8 nitrogen and oxygen atoms in total. The number of aromatic amines is 1. The molecule has 0 unspecified atom stereocenters. The van der Waals surface area contributed by atoms with Crippen LogP contribution in [0.25, 0.3) is 0 Å². The second kappa shape index (κ2) is 6.24. The topological polar surface area (TPSA) is 112 Å². The van der Waals surface area contributed by atoms with Crippen LogP contribution in [0.3, 0.4) is 0 Å². The van der Waals surface area contributed by atoms with Crippen LogP contribution in [0.4, 0.5) is 19.0 Å². The van der Waals surface area contributed by atoms with E-state index in [0.717, 1.165) is 0 Å². The van der Waals surface area contributed by atoms with Crippen molar-refractivity contribution in [3.63, 3.8) is 0 Å². The fourth-order valence-corrected chi connectivity index (χ4v) is 1.38. The smallest absolute Gasteiger partial charge is 0.466 e. The highest BCUT2D eigenvalue weighted by Crippen LogP contribution is 2.25. The number of nitrogens with one attached hydrogen (secondary N) is 1. The summed E-state index contributed by atoms with van der Waals surface area (Å²) in [5.41, 5.74) is -1.86. The molecule has 0 aromatic carbocycles. The highest BCUT2D eigenvalue weighted by molar-refractivity contribution is 5.73. The molecule has 21 heavy (non-hydrogen) atoms. The lowest BCUT2D eigenvalue weighted by Gasteiger charge is -2.10. The van der Waals surface area contributed by atoms with Crippen LogP contribution >= 0.6 is 0 Å². The first-order valence-corrected chi connectivity index (χ1v) is 5.46. The van der Waals surface area contributed by atoms with Gasteiger partial charge in [0.25, 0.3) is 5.88 Å². The van der Waals surface area contributed by atoms with E-state index in [0.29, 0.717) is 6.07 Å². The number of pyridine rings is 1. The Morgan fingerprint density at radius 1 is 1.48 bits per heavy atom. The lowest BCUT2D eigenvalue weighted by Crippen LogP contribution is -2.24. The van der Waals surface area contributed by atoms with Crippen molar-refractivity contribution in [1.29, 1.82) is 0 Å². The number of hydrogen-bond acceptors (Lipinski definition) is 6. The number of alkyl halides is 3. The van der Waals surface area contributed by atoms with Crippen LogP contribution in [0.5, 0.6) is 5.88 Å². The van der Waals surface area contributed by atoms with Gasteiger partial charge in [-0.3, -0.25) is 9.59 Å². The largest absolute Gasteiger partial charge is 0.575 e. The molecule has 1 rings (SSSR count). The van der Waals surface area contributed by atoms with Crippen LogP contribution < -0.4 is 10.2 Å². The van der Waals surface area contributed by atoms with Crippen LogP contribution in [0.1, 0.15) is 12.5 Å². The molecule has 1 heterocycles. The summed E-state index contributed by atoms with van der Waals surface area (Å²) in [6.45, 7) is 1.42. The maximum atomic E-state index is 12.2. The van der Waals surface area contributed by atoms with E-state index >= 15 is 0 Å². The lowest BCUT2D eigenvalue weighted by atomic mass is 10.2. The molecule has 1 N–H and O–H groups in total. The van der Waals surface area contributed by atoms with Crippen molar-refractivity contribution in [1.82, 2.24) is 4.98 Å². The van der Waals surface area contributed by atoms with Gasteiger partial charge in [-0.05, 0) is 11.8 Å². The van der Waals surface area contributed by atoms with E-state index < -0.39 is 46.4 Å². The first-order valence-electron chi connectivity index (χ1n) is 5.46. The quantitative estimate of drug-likeness (QED) is 0.498. The monoisotopic (exact) mass is 310 g/mol. The number of esters is 1. The van der Waals surface area contributed by atoms with Crippen LogP contribution in [0.2, 0.25) is 0 Å². The predicted molar refractivity (Wildman–Crippen MR) is 60.7 cm³/mol. The minimum absolute atomic E-state index is 0.0425. The third-order valence-electron chi connectivity index (χ3n) is 2.12. The maximum Gasteiger partial charge on any atom is 0.575 e. The Kier molecular flexibility index (Phi) is 4.89. The van der Waals surface area contributed by atoms with Crippen molar-refractivity contribution in [3.8, 4) is 5.88 Å². The fourth-order valence-electron chi connectivity index (χ4n) is 1.38. The van der Waals surface area contributed by atoms with Gasteiger partial charge in [-0.25, -0.2) is 4.98 Å². The molecular weight excluding hydrogens is 301 g/mol. The molecule has 0 aliphatic carbocycles. The third-order valence-corrected chi connectivity index (χ3v) is 2.12. The van der Waals surface area contributed by atoms with Gasteiger partial charge < -0.3 is 19.6 Å². The number of carbonyl (C=O) groups is 1. The standard InChI is InChI=1S/C10H9F3N2O6/c1-2-20-8(17)3-5-6(16)4-7(15(18)19)14-9(5)21-10(11,12)13/h4H,2-3H2,1H3,(H,14,16). The van der Waals surface area contributed by atoms with Gasteiger partial charge in [0.15, 0.2) is 5.43 Å². The molecule has 0 aliphatic rings. The SMILES string of the molecule is CCOC(=O)Cc1c(OC(F)(F)F)[nH]c([N+](=O)[O-])cc1=O. The number of rotatable bonds is 5. The summed E-state index contributed by atoms with van der Waals surface area (Å²) < 4.78 is 44.7. The lowest BCUT2D eigenvalue weighted by molar-refractivity contribution is -0.390. The molecule has 0 spiro atoms.